The highest BCUT2D eigenvalue weighted by Gasteiger charge is 2.05. The molecule has 0 aliphatic carbocycles. The normalized spacial score (nSPS) is 11.2. The summed E-state index contributed by atoms with van der Waals surface area (Å²) in [4.78, 5) is 6.78. The molecule has 0 unspecified atom stereocenters. The fourth-order valence-electron chi connectivity index (χ4n) is 1.99. The van der Waals surface area contributed by atoms with Crippen LogP contribution < -0.4 is 5.32 Å². The van der Waals surface area contributed by atoms with Crippen molar-refractivity contribution in [2.75, 3.05) is 26.2 Å². The van der Waals surface area contributed by atoms with Crippen molar-refractivity contribution >= 4 is 0 Å². The lowest BCUT2D eigenvalue weighted by molar-refractivity contribution is 0.202. The van der Waals surface area contributed by atoms with E-state index >= 15 is 0 Å². The molecule has 1 aromatic rings. The van der Waals surface area contributed by atoms with Crippen LogP contribution in [0.4, 0.5) is 0 Å². The Morgan fingerprint density at radius 2 is 2.15 bits per heavy atom. The molecule has 0 aliphatic rings. The molecule has 20 heavy (non-hydrogen) atoms. The van der Waals surface area contributed by atoms with Crippen molar-refractivity contribution in [3.63, 3.8) is 0 Å². The van der Waals surface area contributed by atoms with Crippen LogP contribution in [0.5, 0.6) is 0 Å². The van der Waals surface area contributed by atoms with Crippen molar-refractivity contribution in [1.82, 2.24) is 15.2 Å². The topological polar surface area (TPSA) is 48.4 Å². The maximum atomic E-state index is 9.06. The second-order valence-electron chi connectivity index (χ2n) is 5.39. The predicted octanol–water partition coefficient (Wildman–Crippen LogP) is 1.81. The van der Waals surface area contributed by atoms with Gasteiger partial charge in [-0.2, -0.15) is 0 Å². The first kappa shape index (κ1) is 16.8. The van der Waals surface area contributed by atoms with Crippen LogP contribution in [0.2, 0.25) is 0 Å². The monoisotopic (exact) mass is 277 g/mol. The molecule has 112 valence electrons. The quantitative estimate of drug-likeness (QED) is 0.640. The van der Waals surface area contributed by atoms with E-state index in [1.807, 2.05) is 24.3 Å². The maximum absolute atomic E-state index is 9.06. The number of aromatic nitrogens is 1. The Kier molecular flexibility index (Phi) is 8.11. The fourth-order valence-corrected chi connectivity index (χ4v) is 1.99. The van der Waals surface area contributed by atoms with Crippen LogP contribution in [-0.2, 0) is 13.1 Å². The number of pyridine rings is 1. The van der Waals surface area contributed by atoms with Gasteiger partial charge in [-0.1, -0.05) is 26.0 Å². The minimum absolute atomic E-state index is 0.156. The van der Waals surface area contributed by atoms with Crippen LogP contribution in [0.15, 0.2) is 30.9 Å². The summed E-state index contributed by atoms with van der Waals surface area (Å²) in [5, 5.41) is 12.5. The first-order chi connectivity index (χ1) is 9.65. The summed E-state index contributed by atoms with van der Waals surface area (Å²) in [5.41, 5.74) is 2.09. The summed E-state index contributed by atoms with van der Waals surface area (Å²) >= 11 is 0. The molecule has 2 N–H and O–H groups in total. The minimum atomic E-state index is 0.156. The van der Waals surface area contributed by atoms with Gasteiger partial charge in [0.05, 0.1) is 18.0 Å². The van der Waals surface area contributed by atoms with Gasteiger partial charge in [0.25, 0.3) is 0 Å². The Hall–Kier alpha value is -1.23. The van der Waals surface area contributed by atoms with E-state index in [4.69, 9.17) is 5.11 Å². The molecule has 0 aliphatic heterocycles. The van der Waals surface area contributed by atoms with Crippen molar-refractivity contribution < 1.29 is 5.11 Å². The summed E-state index contributed by atoms with van der Waals surface area (Å²) in [7, 11) is 0. The van der Waals surface area contributed by atoms with E-state index in [-0.39, 0.29) is 6.61 Å². The summed E-state index contributed by atoms with van der Waals surface area (Å²) in [6, 6.07) is 6.11. The highest BCUT2D eigenvalue weighted by atomic mass is 16.3. The first-order valence-electron chi connectivity index (χ1n) is 7.25. The van der Waals surface area contributed by atoms with Gasteiger partial charge < -0.3 is 10.4 Å². The minimum Gasteiger partial charge on any atom is -0.395 e. The van der Waals surface area contributed by atoms with Gasteiger partial charge in [0.1, 0.15) is 0 Å². The number of nitrogens with one attached hydrogen (secondary N) is 1. The number of nitrogens with zero attached hydrogens (tertiary/aromatic N) is 2. The van der Waals surface area contributed by atoms with E-state index in [1.165, 1.54) is 0 Å². The third-order valence-electron chi connectivity index (χ3n) is 2.91. The molecular weight excluding hydrogens is 250 g/mol. The molecule has 0 spiro atoms. The first-order valence-corrected chi connectivity index (χ1v) is 7.25. The Morgan fingerprint density at radius 3 is 2.80 bits per heavy atom. The molecule has 0 radical (unpaired) electrons. The molecule has 0 bridgehead atoms. The van der Waals surface area contributed by atoms with Gasteiger partial charge in [-0.25, -0.2) is 0 Å². The molecular formula is C16H27N3O. The molecule has 0 saturated carbocycles. The maximum Gasteiger partial charge on any atom is 0.0558 e. The molecule has 1 heterocycles. The van der Waals surface area contributed by atoms with Gasteiger partial charge in [-0.3, -0.25) is 9.88 Å². The highest BCUT2D eigenvalue weighted by molar-refractivity contribution is 5.11. The molecule has 4 heteroatoms. The predicted molar refractivity (Wildman–Crippen MR) is 83.3 cm³/mol. The summed E-state index contributed by atoms with van der Waals surface area (Å²) in [5.74, 6) is 0.644. The van der Waals surface area contributed by atoms with Crippen LogP contribution in [0.25, 0.3) is 0 Å². The Labute approximate surface area is 122 Å². The van der Waals surface area contributed by atoms with Crippen molar-refractivity contribution in [2.45, 2.75) is 26.9 Å². The zero-order valence-corrected chi connectivity index (χ0v) is 12.7. The Bertz CT molecular complexity index is 393. The lowest BCUT2D eigenvalue weighted by atomic mass is 10.2. The number of aliphatic hydroxyl groups excluding tert-OH is 1. The van der Waals surface area contributed by atoms with Crippen LogP contribution in [0.3, 0.4) is 0 Å². The summed E-state index contributed by atoms with van der Waals surface area (Å²) in [6.45, 7) is 12.2. The van der Waals surface area contributed by atoms with Gasteiger partial charge in [0.2, 0.25) is 0 Å². The molecule has 1 rings (SSSR count). The molecule has 0 aromatic carbocycles. The Balaban J connectivity index is 2.55. The lowest BCUT2D eigenvalue weighted by Crippen LogP contribution is -2.27. The van der Waals surface area contributed by atoms with E-state index in [0.29, 0.717) is 12.5 Å². The molecule has 0 fully saturated rings. The largest absolute Gasteiger partial charge is 0.395 e. The molecule has 4 nitrogen and oxygen atoms in total. The second kappa shape index (κ2) is 9.64. The SMILES string of the molecule is C=CCN(CCO)Cc1cccc(CNCC(C)C)n1. The van der Waals surface area contributed by atoms with Crippen molar-refractivity contribution in [3.05, 3.63) is 42.2 Å². The standard InChI is InChI=1S/C16H27N3O/c1-4-8-19(9-10-20)13-16-7-5-6-15(18-16)12-17-11-14(2)3/h4-7,14,17,20H,1,8-13H2,2-3H3. The van der Waals surface area contributed by atoms with Gasteiger partial charge >= 0.3 is 0 Å². The third kappa shape index (κ3) is 6.80. The van der Waals surface area contributed by atoms with E-state index in [9.17, 15) is 0 Å². The van der Waals surface area contributed by atoms with Crippen LogP contribution in [0.1, 0.15) is 25.2 Å². The van der Waals surface area contributed by atoms with Crippen molar-refractivity contribution in [1.29, 1.82) is 0 Å². The number of hydrogen-bond acceptors (Lipinski definition) is 4. The summed E-state index contributed by atoms with van der Waals surface area (Å²) < 4.78 is 0. The van der Waals surface area contributed by atoms with Crippen LogP contribution in [-0.4, -0.2) is 41.2 Å². The number of hydrogen-bond donors (Lipinski definition) is 2. The number of aliphatic hydroxyl groups is 1. The van der Waals surface area contributed by atoms with Gasteiger partial charge in [0, 0.05) is 26.2 Å². The second-order valence-corrected chi connectivity index (χ2v) is 5.39. The average molecular weight is 277 g/mol. The smallest absolute Gasteiger partial charge is 0.0558 e. The van der Waals surface area contributed by atoms with E-state index in [2.05, 4.69) is 35.6 Å². The highest BCUT2D eigenvalue weighted by Crippen LogP contribution is 2.04. The molecule has 1 aromatic heterocycles. The lowest BCUT2D eigenvalue weighted by Gasteiger charge is -2.19. The molecule has 0 atom stereocenters. The van der Waals surface area contributed by atoms with E-state index in [1.54, 1.807) is 0 Å². The molecule has 0 saturated heterocycles. The summed E-state index contributed by atoms with van der Waals surface area (Å²) in [6.07, 6.45) is 1.85. The third-order valence-corrected chi connectivity index (χ3v) is 2.91. The average Bonchev–Trinajstić information content (AvgIpc) is 2.39. The Morgan fingerprint density at radius 1 is 1.40 bits per heavy atom. The molecule has 0 amide bonds. The van der Waals surface area contributed by atoms with E-state index in [0.717, 1.165) is 37.6 Å². The van der Waals surface area contributed by atoms with E-state index < -0.39 is 0 Å². The van der Waals surface area contributed by atoms with Gasteiger partial charge in [-0.05, 0) is 24.6 Å². The van der Waals surface area contributed by atoms with Gasteiger partial charge in [0.15, 0.2) is 0 Å². The van der Waals surface area contributed by atoms with Crippen LogP contribution >= 0.6 is 0 Å². The van der Waals surface area contributed by atoms with Crippen molar-refractivity contribution in [3.8, 4) is 0 Å². The number of rotatable bonds is 10. The van der Waals surface area contributed by atoms with Crippen LogP contribution in [0, 0.1) is 5.92 Å². The van der Waals surface area contributed by atoms with Gasteiger partial charge in [-0.15, -0.1) is 6.58 Å². The fraction of sp³-hybridized carbons (Fsp3) is 0.562. The zero-order valence-electron chi connectivity index (χ0n) is 12.7. The zero-order chi connectivity index (χ0) is 14.8. The van der Waals surface area contributed by atoms with Crippen molar-refractivity contribution in [2.24, 2.45) is 5.92 Å².